The largest absolute Gasteiger partial charge is 0.481 e. The Bertz CT molecular complexity index is 1200. The Morgan fingerprint density at radius 3 is 2.83 bits per heavy atom. The molecule has 2 aromatic heterocycles. The minimum absolute atomic E-state index is 0.00792. The first-order chi connectivity index (χ1) is 17.4. The molecule has 4 fully saturated rings. The number of rotatable bonds is 6. The van der Waals surface area contributed by atoms with E-state index in [1.807, 2.05) is 4.90 Å². The van der Waals surface area contributed by atoms with Crippen molar-refractivity contribution in [3.63, 3.8) is 0 Å². The van der Waals surface area contributed by atoms with Gasteiger partial charge in [-0.3, -0.25) is 14.7 Å². The summed E-state index contributed by atoms with van der Waals surface area (Å²) in [6.45, 7) is 0.893. The zero-order valence-corrected chi connectivity index (χ0v) is 20.1. The smallest absolute Gasteiger partial charge is 0.272 e. The maximum atomic E-state index is 14.3. The molecule has 4 aliphatic rings. The molecule has 3 unspecified atom stereocenters. The van der Waals surface area contributed by atoms with Crippen LogP contribution in [0, 0.1) is 17.7 Å². The number of nitrogens with one attached hydrogen (secondary N) is 2. The van der Waals surface area contributed by atoms with Gasteiger partial charge in [0, 0.05) is 35.5 Å². The number of carbonyl (C=O) groups excluding carboxylic acids is 2. The van der Waals surface area contributed by atoms with Crippen LogP contribution >= 0.6 is 0 Å². The molecule has 2 saturated heterocycles. The second-order valence-corrected chi connectivity index (χ2v) is 10.5. The van der Waals surface area contributed by atoms with Crippen LogP contribution in [0.25, 0.3) is 11.3 Å². The molecule has 2 amide bonds. The minimum Gasteiger partial charge on any atom is -0.481 e. The average molecular weight is 500 g/mol. The molecule has 6 rings (SSSR count). The van der Waals surface area contributed by atoms with E-state index in [0.717, 1.165) is 31.9 Å². The van der Waals surface area contributed by atoms with Crippen molar-refractivity contribution in [2.24, 2.45) is 11.8 Å². The van der Waals surface area contributed by atoms with Gasteiger partial charge in [0.2, 0.25) is 11.8 Å². The summed E-state index contributed by atoms with van der Waals surface area (Å²) < 4.78 is 25.2. The van der Waals surface area contributed by atoms with Crippen LogP contribution in [0.1, 0.15) is 49.0 Å². The molecule has 2 aromatic rings. The molecule has 10 nitrogen and oxygen atoms in total. The third-order valence-electron chi connectivity index (χ3n) is 8.65. The van der Waals surface area contributed by atoms with Crippen molar-refractivity contribution in [2.45, 2.75) is 55.7 Å². The molecule has 0 bridgehead atoms. The number of aliphatic hydroxyl groups excluding tert-OH is 1. The van der Waals surface area contributed by atoms with Crippen LogP contribution in [-0.2, 0) is 9.53 Å². The van der Waals surface area contributed by atoms with Gasteiger partial charge in [-0.2, -0.15) is 5.10 Å². The third kappa shape index (κ3) is 3.67. The van der Waals surface area contributed by atoms with Gasteiger partial charge < -0.3 is 24.8 Å². The van der Waals surface area contributed by atoms with E-state index in [4.69, 9.17) is 9.47 Å². The Morgan fingerprint density at radius 1 is 1.33 bits per heavy atom. The van der Waals surface area contributed by atoms with Gasteiger partial charge in [0.15, 0.2) is 5.82 Å². The highest BCUT2D eigenvalue weighted by atomic mass is 19.1. The Kier molecular flexibility index (Phi) is 5.52. The van der Waals surface area contributed by atoms with E-state index in [0.29, 0.717) is 31.7 Å². The van der Waals surface area contributed by atoms with Crippen LogP contribution in [0.15, 0.2) is 18.3 Å². The molecular weight excluding hydrogens is 469 g/mol. The van der Waals surface area contributed by atoms with Crippen molar-refractivity contribution in [3.8, 4) is 17.1 Å². The highest BCUT2D eigenvalue weighted by Crippen LogP contribution is 2.51. The summed E-state index contributed by atoms with van der Waals surface area (Å²) in [7, 11) is 1.44. The van der Waals surface area contributed by atoms with Crippen LogP contribution < -0.4 is 10.1 Å². The summed E-state index contributed by atoms with van der Waals surface area (Å²) in [6, 6.07) is 2.92. The maximum absolute atomic E-state index is 14.3. The quantitative estimate of drug-likeness (QED) is 0.551. The normalized spacial score (nSPS) is 30.0. The number of likely N-dealkylation sites (tertiary alicyclic amines) is 1. The van der Waals surface area contributed by atoms with Crippen LogP contribution in [0.5, 0.6) is 5.88 Å². The summed E-state index contributed by atoms with van der Waals surface area (Å²) >= 11 is 0. The lowest BCUT2D eigenvalue weighted by molar-refractivity contribution is -0.129. The van der Waals surface area contributed by atoms with Gasteiger partial charge in [0.05, 0.1) is 43.9 Å². The number of H-pyrrole nitrogens is 1. The first-order valence-electron chi connectivity index (χ1n) is 12.5. The first-order valence-corrected chi connectivity index (χ1v) is 12.5. The van der Waals surface area contributed by atoms with E-state index in [1.165, 1.54) is 13.2 Å². The number of pyridine rings is 1. The fourth-order valence-corrected chi connectivity index (χ4v) is 6.23. The number of nitrogens with zero attached hydrogens (tertiary/aromatic N) is 3. The molecule has 0 aromatic carbocycles. The lowest BCUT2D eigenvalue weighted by Crippen LogP contribution is -2.56. The predicted octanol–water partition coefficient (Wildman–Crippen LogP) is 1.66. The molecule has 36 heavy (non-hydrogen) atoms. The Balaban J connectivity index is 1.12. The van der Waals surface area contributed by atoms with E-state index in [1.54, 1.807) is 6.07 Å². The molecule has 4 atom stereocenters. The topological polar surface area (TPSA) is 130 Å². The fraction of sp³-hybridized carbons (Fsp3) is 0.600. The van der Waals surface area contributed by atoms with Gasteiger partial charge in [-0.05, 0) is 44.6 Å². The molecule has 0 radical (unpaired) electrons. The summed E-state index contributed by atoms with van der Waals surface area (Å²) in [5.41, 5.74) is -0.0300. The number of aliphatic hydroxyl groups is 1. The number of aromatic amines is 1. The Morgan fingerprint density at radius 2 is 2.17 bits per heavy atom. The average Bonchev–Trinajstić information content (AvgIpc) is 3.35. The van der Waals surface area contributed by atoms with Crippen molar-refractivity contribution in [2.75, 3.05) is 26.9 Å². The van der Waals surface area contributed by atoms with Gasteiger partial charge in [0.1, 0.15) is 5.69 Å². The highest BCUT2D eigenvalue weighted by Gasteiger charge is 2.58. The number of hydrogen-bond acceptors (Lipinski definition) is 7. The number of hydrogen-bond donors (Lipinski definition) is 3. The molecular formula is C25H30FN5O5. The van der Waals surface area contributed by atoms with Gasteiger partial charge in [0.25, 0.3) is 5.91 Å². The lowest BCUT2D eigenvalue weighted by atomic mass is 9.68. The second-order valence-electron chi connectivity index (χ2n) is 10.5. The monoisotopic (exact) mass is 499 g/mol. The molecule has 4 heterocycles. The SMILES string of the molecule is COc1cc(-c2cc(C(=O)N3CC[C@H](C(=O)NC4COC5(CO)CCC45)CC34CC4)[nH]n2)c(F)cn1. The standard InChI is InChI=1S/C25H30FN5O5/c1-35-21-8-15(17(26)11-27-21)18-9-19(30-29-18)23(34)31-7-3-14(10-24(31)5-6-24)22(33)28-20-12-36-25(13-32)4-2-16(20)25/h8-9,11,14,16,20,32H,2-7,10,12-13H2,1H3,(H,28,33)(H,29,30)/t14-,16?,20?,25?/m0/s1. The van der Waals surface area contributed by atoms with Gasteiger partial charge in [-0.15, -0.1) is 0 Å². The lowest BCUT2D eigenvalue weighted by Gasteiger charge is -2.44. The van der Waals surface area contributed by atoms with Crippen molar-refractivity contribution in [1.29, 1.82) is 0 Å². The van der Waals surface area contributed by atoms with E-state index in [9.17, 15) is 19.1 Å². The van der Waals surface area contributed by atoms with Crippen molar-refractivity contribution < 1.29 is 28.6 Å². The summed E-state index contributed by atoms with van der Waals surface area (Å²) in [4.78, 5) is 32.2. The number of piperidine rings is 1. The molecule has 11 heteroatoms. The number of methoxy groups -OCH3 is 1. The Labute approximate surface area is 207 Å². The van der Waals surface area contributed by atoms with Crippen molar-refractivity contribution in [1.82, 2.24) is 25.4 Å². The van der Waals surface area contributed by atoms with Gasteiger partial charge in [-0.25, -0.2) is 9.37 Å². The van der Waals surface area contributed by atoms with E-state index in [-0.39, 0.29) is 59.0 Å². The van der Waals surface area contributed by atoms with Crippen molar-refractivity contribution in [3.05, 3.63) is 29.8 Å². The molecule has 3 N–H and O–H groups in total. The molecule has 192 valence electrons. The molecule has 2 aliphatic carbocycles. The third-order valence-corrected chi connectivity index (χ3v) is 8.65. The molecule has 2 aliphatic heterocycles. The number of fused-ring (bicyclic) bond motifs is 1. The molecule has 2 saturated carbocycles. The van der Waals surface area contributed by atoms with Crippen LogP contribution in [0.2, 0.25) is 0 Å². The zero-order valence-electron chi connectivity index (χ0n) is 20.1. The van der Waals surface area contributed by atoms with E-state index in [2.05, 4.69) is 20.5 Å². The summed E-state index contributed by atoms with van der Waals surface area (Å²) in [5, 5.41) is 19.8. The van der Waals surface area contributed by atoms with E-state index >= 15 is 0 Å². The van der Waals surface area contributed by atoms with Crippen molar-refractivity contribution >= 4 is 11.8 Å². The predicted molar refractivity (Wildman–Crippen MR) is 124 cm³/mol. The number of aromatic nitrogens is 3. The number of halogens is 1. The van der Waals surface area contributed by atoms with Gasteiger partial charge in [-0.1, -0.05) is 0 Å². The van der Waals surface area contributed by atoms with Crippen LogP contribution in [-0.4, -0.2) is 81.1 Å². The summed E-state index contributed by atoms with van der Waals surface area (Å²) in [6.07, 6.45) is 5.73. The summed E-state index contributed by atoms with van der Waals surface area (Å²) in [5.74, 6) is -0.494. The van der Waals surface area contributed by atoms with Crippen LogP contribution in [0.3, 0.4) is 0 Å². The Hall–Kier alpha value is -3.05. The number of amides is 2. The zero-order chi connectivity index (χ0) is 25.1. The highest BCUT2D eigenvalue weighted by molar-refractivity contribution is 5.94. The molecule has 1 spiro atoms. The number of ether oxygens (including phenoxy) is 2. The van der Waals surface area contributed by atoms with E-state index < -0.39 is 11.4 Å². The minimum atomic E-state index is -0.558. The van der Waals surface area contributed by atoms with Gasteiger partial charge >= 0.3 is 0 Å². The van der Waals surface area contributed by atoms with Crippen LogP contribution in [0.4, 0.5) is 4.39 Å². The fourth-order valence-electron chi connectivity index (χ4n) is 6.23. The number of carbonyl (C=O) groups is 2. The first kappa shape index (κ1) is 23.4. The maximum Gasteiger partial charge on any atom is 0.272 e. The second kappa shape index (κ2) is 8.52.